The van der Waals surface area contributed by atoms with E-state index in [1.165, 1.54) is 7.11 Å². The maximum atomic E-state index is 12.7. The van der Waals surface area contributed by atoms with E-state index in [0.29, 0.717) is 0 Å². The van der Waals surface area contributed by atoms with Crippen molar-refractivity contribution in [2.45, 2.75) is 37.6 Å². The first-order chi connectivity index (χ1) is 12.6. The van der Waals surface area contributed by atoms with Crippen molar-refractivity contribution in [3.63, 3.8) is 0 Å². The third kappa shape index (κ3) is 2.79. The van der Waals surface area contributed by atoms with Crippen LogP contribution in [0.4, 0.5) is 5.82 Å². The summed E-state index contributed by atoms with van der Waals surface area (Å²) >= 11 is 0. The van der Waals surface area contributed by atoms with Gasteiger partial charge in [-0.15, -0.1) is 0 Å². The normalized spacial score (nSPS) is 22.5. The van der Waals surface area contributed by atoms with Crippen molar-refractivity contribution >= 4 is 28.7 Å². The summed E-state index contributed by atoms with van der Waals surface area (Å²) in [6.07, 6.45) is 6.72. The second kappa shape index (κ2) is 6.59. The van der Waals surface area contributed by atoms with E-state index in [9.17, 15) is 9.59 Å². The van der Waals surface area contributed by atoms with Gasteiger partial charge < -0.3 is 19.5 Å². The van der Waals surface area contributed by atoms with Gasteiger partial charge in [-0.2, -0.15) is 0 Å². The molecular formula is C18H23N5O3. The number of carbonyl (C=O) groups excluding carboxylic acids is 2. The number of nitrogens with one attached hydrogen (secondary N) is 1. The van der Waals surface area contributed by atoms with Crippen molar-refractivity contribution in [2.75, 3.05) is 31.6 Å². The van der Waals surface area contributed by atoms with Gasteiger partial charge in [0.1, 0.15) is 17.8 Å². The molecule has 0 radical (unpaired) electrons. The number of aromatic amines is 1. The Morgan fingerprint density at radius 3 is 3.00 bits per heavy atom. The highest BCUT2D eigenvalue weighted by atomic mass is 16.5. The lowest BCUT2D eigenvalue weighted by Gasteiger charge is -2.35. The first-order valence-electron chi connectivity index (χ1n) is 9.03. The van der Waals surface area contributed by atoms with E-state index >= 15 is 0 Å². The van der Waals surface area contributed by atoms with Crippen LogP contribution in [0.2, 0.25) is 0 Å². The van der Waals surface area contributed by atoms with E-state index in [1.54, 1.807) is 6.33 Å². The molecule has 26 heavy (non-hydrogen) atoms. The fourth-order valence-corrected chi connectivity index (χ4v) is 4.35. The molecule has 0 aromatic carbocycles. The van der Waals surface area contributed by atoms with Crippen LogP contribution >= 0.6 is 0 Å². The van der Waals surface area contributed by atoms with Gasteiger partial charge in [0.25, 0.3) is 0 Å². The van der Waals surface area contributed by atoms with Gasteiger partial charge >= 0.3 is 5.97 Å². The number of H-pyrrole nitrogens is 1. The molecule has 0 aliphatic carbocycles. The van der Waals surface area contributed by atoms with Gasteiger partial charge in [0.15, 0.2) is 0 Å². The van der Waals surface area contributed by atoms with Gasteiger partial charge in [0.2, 0.25) is 5.91 Å². The molecular weight excluding hydrogens is 334 g/mol. The summed E-state index contributed by atoms with van der Waals surface area (Å²) in [5.74, 6) is 0.627. The molecule has 1 N–H and O–H groups in total. The number of rotatable bonds is 4. The van der Waals surface area contributed by atoms with Crippen molar-refractivity contribution in [3.05, 3.63) is 18.6 Å². The Bertz CT molecular complexity index is 835. The van der Waals surface area contributed by atoms with Crippen LogP contribution in [-0.2, 0) is 14.3 Å². The van der Waals surface area contributed by atoms with Crippen molar-refractivity contribution in [2.24, 2.45) is 0 Å². The summed E-state index contributed by atoms with van der Waals surface area (Å²) in [5.41, 5.74) is 0.675. The Morgan fingerprint density at radius 1 is 1.27 bits per heavy atom. The van der Waals surface area contributed by atoms with Crippen LogP contribution in [0.3, 0.4) is 0 Å². The SMILES string of the molecule is COC(=O)CCC(=O)N1CCCC12CCN(c1ncnc3[nH]ccc13)C2. The van der Waals surface area contributed by atoms with E-state index in [-0.39, 0.29) is 30.3 Å². The number of carbonyl (C=O) groups is 2. The quantitative estimate of drug-likeness (QED) is 0.834. The highest BCUT2D eigenvalue weighted by Crippen LogP contribution is 2.40. The topological polar surface area (TPSA) is 91.4 Å². The average molecular weight is 357 g/mol. The molecule has 2 aliphatic rings. The summed E-state index contributed by atoms with van der Waals surface area (Å²) in [6.45, 7) is 2.39. The molecule has 1 atom stereocenters. The number of nitrogens with zero attached hydrogens (tertiary/aromatic N) is 4. The zero-order valence-electron chi connectivity index (χ0n) is 14.9. The zero-order valence-corrected chi connectivity index (χ0v) is 14.9. The molecule has 1 amide bonds. The lowest BCUT2D eigenvalue weighted by Crippen LogP contribution is -2.49. The Hall–Kier alpha value is -2.64. The van der Waals surface area contributed by atoms with Gasteiger partial charge in [-0.3, -0.25) is 9.59 Å². The number of methoxy groups -OCH3 is 1. The van der Waals surface area contributed by atoms with Gasteiger partial charge in [0.05, 0.1) is 24.5 Å². The predicted molar refractivity (Wildman–Crippen MR) is 95.6 cm³/mol. The highest BCUT2D eigenvalue weighted by molar-refractivity contribution is 5.87. The Morgan fingerprint density at radius 2 is 2.15 bits per heavy atom. The smallest absolute Gasteiger partial charge is 0.306 e. The number of hydrogen-bond donors (Lipinski definition) is 1. The van der Waals surface area contributed by atoms with E-state index in [4.69, 9.17) is 0 Å². The standard InChI is InChI=1S/C18H23N5O3/c1-26-15(25)4-3-14(24)23-9-2-6-18(23)7-10-22(11-18)17-13-5-8-19-16(13)20-12-21-17/h5,8,12H,2-4,6-7,9-11H2,1H3,(H,19,20,21). The number of ether oxygens (including phenoxy) is 1. The van der Waals surface area contributed by atoms with Crippen LogP contribution in [0, 0.1) is 0 Å². The lowest BCUT2D eigenvalue weighted by molar-refractivity contribution is -0.144. The fraction of sp³-hybridized carbons (Fsp3) is 0.556. The van der Waals surface area contributed by atoms with Crippen molar-refractivity contribution < 1.29 is 14.3 Å². The molecule has 0 bridgehead atoms. The number of esters is 1. The predicted octanol–water partition coefficient (Wildman–Crippen LogP) is 1.48. The van der Waals surface area contributed by atoms with Gasteiger partial charge in [-0.1, -0.05) is 0 Å². The Balaban J connectivity index is 1.51. The van der Waals surface area contributed by atoms with Crippen LogP contribution in [0.1, 0.15) is 32.1 Å². The summed E-state index contributed by atoms with van der Waals surface area (Å²) in [5, 5.41) is 1.01. The fourth-order valence-electron chi connectivity index (χ4n) is 4.35. The molecule has 2 aromatic heterocycles. The second-order valence-electron chi connectivity index (χ2n) is 7.06. The van der Waals surface area contributed by atoms with Crippen LogP contribution in [0.15, 0.2) is 18.6 Å². The molecule has 2 aromatic rings. The van der Waals surface area contributed by atoms with Gasteiger partial charge in [0, 0.05) is 32.3 Å². The summed E-state index contributed by atoms with van der Waals surface area (Å²) < 4.78 is 4.65. The maximum Gasteiger partial charge on any atom is 0.306 e. The lowest BCUT2D eigenvalue weighted by atomic mass is 9.95. The van der Waals surface area contributed by atoms with Gasteiger partial charge in [-0.05, 0) is 25.3 Å². The summed E-state index contributed by atoms with van der Waals surface area (Å²) in [7, 11) is 1.35. The number of amides is 1. The summed E-state index contributed by atoms with van der Waals surface area (Å²) in [4.78, 5) is 40.2. The molecule has 8 heteroatoms. The number of hydrogen-bond acceptors (Lipinski definition) is 6. The molecule has 138 valence electrons. The van der Waals surface area contributed by atoms with Crippen LogP contribution in [-0.4, -0.2) is 64.0 Å². The molecule has 1 unspecified atom stereocenters. The number of likely N-dealkylation sites (tertiary alicyclic amines) is 1. The molecule has 0 saturated carbocycles. The maximum absolute atomic E-state index is 12.7. The number of aromatic nitrogens is 3. The molecule has 1 spiro atoms. The molecule has 8 nitrogen and oxygen atoms in total. The largest absolute Gasteiger partial charge is 0.469 e. The summed E-state index contributed by atoms with van der Waals surface area (Å²) in [6, 6.07) is 1.99. The molecule has 2 saturated heterocycles. The Labute approximate surface area is 151 Å². The minimum absolute atomic E-state index is 0.0456. The van der Waals surface area contributed by atoms with E-state index in [2.05, 4.69) is 24.6 Å². The Kier molecular flexibility index (Phi) is 4.26. The van der Waals surface area contributed by atoms with Crippen molar-refractivity contribution in [1.29, 1.82) is 0 Å². The minimum atomic E-state index is -0.338. The minimum Gasteiger partial charge on any atom is -0.469 e. The van der Waals surface area contributed by atoms with Crippen molar-refractivity contribution in [3.8, 4) is 0 Å². The third-order valence-electron chi connectivity index (χ3n) is 5.63. The number of anilines is 1. The van der Waals surface area contributed by atoms with E-state index in [1.807, 2.05) is 17.2 Å². The molecule has 4 heterocycles. The monoisotopic (exact) mass is 357 g/mol. The molecule has 2 fully saturated rings. The number of fused-ring (bicyclic) bond motifs is 1. The van der Waals surface area contributed by atoms with E-state index < -0.39 is 0 Å². The average Bonchev–Trinajstić information content (AvgIpc) is 3.39. The highest BCUT2D eigenvalue weighted by Gasteiger charge is 2.48. The van der Waals surface area contributed by atoms with Crippen LogP contribution < -0.4 is 4.90 Å². The van der Waals surface area contributed by atoms with Crippen LogP contribution in [0.5, 0.6) is 0 Å². The first-order valence-corrected chi connectivity index (χ1v) is 9.03. The van der Waals surface area contributed by atoms with E-state index in [0.717, 1.165) is 55.7 Å². The van der Waals surface area contributed by atoms with Crippen molar-refractivity contribution in [1.82, 2.24) is 19.9 Å². The molecule has 2 aliphatic heterocycles. The third-order valence-corrected chi connectivity index (χ3v) is 5.63. The zero-order chi connectivity index (χ0) is 18.1. The first kappa shape index (κ1) is 16.8. The molecule has 4 rings (SSSR count). The van der Waals surface area contributed by atoms with Gasteiger partial charge in [-0.25, -0.2) is 9.97 Å². The van der Waals surface area contributed by atoms with Crippen LogP contribution in [0.25, 0.3) is 11.0 Å². The second-order valence-corrected chi connectivity index (χ2v) is 7.06.